The van der Waals surface area contributed by atoms with E-state index < -0.39 is 0 Å². The van der Waals surface area contributed by atoms with Crippen molar-refractivity contribution in [2.75, 3.05) is 18.4 Å². The van der Waals surface area contributed by atoms with Gasteiger partial charge in [0, 0.05) is 41.9 Å². The van der Waals surface area contributed by atoms with E-state index in [1.807, 2.05) is 42.5 Å². The van der Waals surface area contributed by atoms with Crippen molar-refractivity contribution in [2.24, 2.45) is 28.2 Å². The zero-order chi connectivity index (χ0) is 29.8. The third-order valence-electron chi connectivity index (χ3n) is 10.4. The van der Waals surface area contributed by atoms with Crippen molar-refractivity contribution < 1.29 is 0 Å². The average Bonchev–Trinajstić information content (AvgIpc) is 2.94. The number of fused-ring (bicyclic) bond motifs is 3. The molecule has 7 nitrogen and oxygen atoms in total. The van der Waals surface area contributed by atoms with E-state index in [1.54, 1.807) is 10.9 Å². The largest absolute Gasteiger partial charge is 0.340 e. The normalized spacial score (nSPS) is 29.7. The van der Waals surface area contributed by atoms with E-state index in [1.165, 1.54) is 6.42 Å². The summed E-state index contributed by atoms with van der Waals surface area (Å²) >= 11 is 6.05. The van der Waals surface area contributed by atoms with Gasteiger partial charge in [-0.05, 0) is 99.1 Å². The Bertz CT molecular complexity index is 1520. The maximum atomic E-state index is 13.5. The van der Waals surface area contributed by atoms with Gasteiger partial charge in [0.15, 0.2) is 5.96 Å². The van der Waals surface area contributed by atoms with Crippen LogP contribution in [0.2, 0.25) is 5.02 Å². The Morgan fingerprint density at radius 3 is 2.50 bits per heavy atom. The van der Waals surface area contributed by atoms with E-state index >= 15 is 0 Å². The summed E-state index contributed by atoms with van der Waals surface area (Å²) in [5.41, 5.74) is 3.14. The van der Waals surface area contributed by atoms with Gasteiger partial charge in [-0.3, -0.25) is 9.36 Å². The van der Waals surface area contributed by atoms with Crippen molar-refractivity contribution in [3.63, 3.8) is 0 Å². The summed E-state index contributed by atoms with van der Waals surface area (Å²) in [5, 5.41) is 8.67. The smallest absolute Gasteiger partial charge is 0.261 e. The van der Waals surface area contributed by atoms with Gasteiger partial charge in [0.1, 0.15) is 0 Å². The lowest BCUT2D eigenvalue weighted by atomic mass is 9.45. The lowest BCUT2D eigenvalue weighted by molar-refractivity contribution is -0.108. The van der Waals surface area contributed by atoms with Crippen molar-refractivity contribution in [3.05, 3.63) is 69.7 Å². The van der Waals surface area contributed by atoms with Crippen LogP contribution in [0.25, 0.3) is 10.9 Å². The number of aliphatic imine (C=N–C) groups is 1. The highest BCUT2D eigenvalue weighted by Gasteiger charge is 2.56. The molecule has 4 fully saturated rings. The fourth-order valence-corrected chi connectivity index (χ4v) is 7.98. The summed E-state index contributed by atoms with van der Waals surface area (Å²) in [7, 11) is 0. The highest BCUT2D eigenvalue weighted by atomic mass is 35.5. The second kappa shape index (κ2) is 11.3. The highest BCUT2D eigenvalue weighted by molar-refractivity contribution is 6.30. The minimum Gasteiger partial charge on any atom is -0.340 e. The maximum absolute atomic E-state index is 13.5. The molecule has 0 radical (unpaired) electrons. The Balaban J connectivity index is 1.26. The summed E-state index contributed by atoms with van der Waals surface area (Å²) in [6.07, 6.45) is 4.90. The average molecular weight is 589 g/mol. The lowest BCUT2D eigenvalue weighted by Gasteiger charge is -2.61. The zero-order valence-electron chi connectivity index (χ0n) is 25.8. The fourth-order valence-electron chi connectivity index (χ4n) is 7.86. The molecular weight excluding hydrogens is 544 g/mol. The number of nitrogens with one attached hydrogen (secondary N) is 2. The van der Waals surface area contributed by atoms with Crippen LogP contribution in [0.15, 0.2) is 58.6 Å². The van der Waals surface area contributed by atoms with Crippen molar-refractivity contribution in [1.82, 2.24) is 19.8 Å². The number of hydrogen-bond acceptors (Lipinski definition) is 4. The lowest BCUT2D eigenvalue weighted by Crippen LogP contribution is -2.59. The molecular formula is C34H45ClN6O. The third-order valence-corrected chi connectivity index (χ3v) is 10.7. The van der Waals surface area contributed by atoms with Crippen molar-refractivity contribution in [2.45, 2.75) is 85.0 Å². The van der Waals surface area contributed by atoms with Crippen molar-refractivity contribution >= 4 is 34.2 Å². The predicted molar refractivity (Wildman–Crippen MR) is 174 cm³/mol. The van der Waals surface area contributed by atoms with E-state index in [-0.39, 0.29) is 11.6 Å². The standard InChI is InChI=1S/C34H45ClN6O/c1-20-17-40(18-21(2)37-20)33(39-30-15-25-14-29(23(30)4)34(25,5)6)38-27-11-12-28-31(16-27)36-19-41(32(28)42)22(3)13-24-7-9-26(35)10-8-24/h7-12,16,19-23,25,29-30,37H,13-15,17-18H2,1-6H3,(H,38,39). The van der Waals surface area contributed by atoms with Crippen LogP contribution in [0.1, 0.15) is 66.0 Å². The van der Waals surface area contributed by atoms with Gasteiger partial charge in [-0.25, -0.2) is 9.98 Å². The van der Waals surface area contributed by atoms with E-state index in [0.29, 0.717) is 45.4 Å². The molecule has 8 heteroatoms. The molecule has 2 bridgehead atoms. The van der Waals surface area contributed by atoms with Crippen LogP contribution in [0.5, 0.6) is 0 Å². The van der Waals surface area contributed by atoms with Gasteiger partial charge in [-0.2, -0.15) is 0 Å². The van der Waals surface area contributed by atoms with Gasteiger partial charge in [0.2, 0.25) is 0 Å². The molecule has 0 amide bonds. The molecule has 1 saturated heterocycles. The number of rotatable bonds is 5. The Labute approximate surface area is 254 Å². The zero-order valence-corrected chi connectivity index (χ0v) is 26.5. The molecule has 0 spiro atoms. The summed E-state index contributed by atoms with van der Waals surface area (Å²) in [5.74, 6) is 2.99. The number of benzene rings is 2. The number of guanidine groups is 1. The maximum Gasteiger partial charge on any atom is 0.261 e. The number of nitrogens with zero attached hydrogens (tertiary/aromatic N) is 4. The molecule has 7 unspecified atom stereocenters. The van der Waals surface area contributed by atoms with Crippen LogP contribution in [-0.2, 0) is 6.42 Å². The van der Waals surface area contributed by atoms with Gasteiger partial charge in [-0.1, -0.05) is 44.5 Å². The van der Waals surface area contributed by atoms with E-state index in [9.17, 15) is 4.79 Å². The van der Waals surface area contributed by atoms with E-state index in [0.717, 1.165) is 55.0 Å². The molecule has 1 aromatic heterocycles. The minimum atomic E-state index is -0.0301. The second-order valence-electron chi connectivity index (χ2n) is 13.8. The second-order valence-corrected chi connectivity index (χ2v) is 14.3. The SMILES string of the molecule is CC1CN(C(=NC2CC3CC(C2C)C3(C)C)Nc2ccc3c(=O)n(C(C)Cc4ccc(Cl)cc4)cnc3c2)CC(C)N1. The number of aromatic nitrogens is 2. The molecule has 7 atom stereocenters. The number of anilines is 1. The molecule has 3 aliphatic carbocycles. The Kier molecular flexibility index (Phi) is 7.86. The Morgan fingerprint density at radius 1 is 1.12 bits per heavy atom. The predicted octanol–water partition coefficient (Wildman–Crippen LogP) is 6.37. The molecule has 1 aliphatic heterocycles. The van der Waals surface area contributed by atoms with Gasteiger partial charge in [-0.15, -0.1) is 0 Å². The third kappa shape index (κ3) is 5.58. The first kappa shape index (κ1) is 29.2. The van der Waals surface area contributed by atoms with Gasteiger partial charge in [0.25, 0.3) is 5.56 Å². The van der Waals surface area contributed by atoms with Crippen LogP contribution < -0.4 is 16.2 Å². The van der Waals surface area contributed by atoms with Crippen LogP contribution in [0, 0.1) is 23.2 Å². The summed E-state index contributed by atoms with van der Waals surface area (Å²) in [6.45, 7) is 15.6. The Hall–Kier alpha value is -2.90. The monoisotopic (exact) mass is 588 g/mol. The first-order valence-corrected chi connectivity index (χ1v) is 16.0. The highest BCUT2D eigenvalue weighted by Crippen LogP contribution is 2.61. The topological polar surface area (TPSA) is 74.5 Å². The van der Waals surface area contributed by atoms with Crippen molar-refractivity contribution in [3.8, 4) is 0 Å². The van der Waals surface area contributed by atoms with Crippen molar-refractivity contribution in [1.29, 1.82) is 0 Å². The first-order chi connectivity index (χ1) is 20.0. The van der Waals surface area contributed by atoms with Crippen LogP contribution in [0.3, 0.4) is 0 Å². The van der Waals surface area contributed by atoms with Crippen LogP contribution in [-0.4, -0.2) is 51.6 Å². The van der Waals surface area contributed by atoms with Gasteiger partial charge >= 0.3 is 0 Å². The summed E-state index contributed by atoms with van der Waals surface area (Å²) < 4.78 is 1.73. The van der Waals surface area contributed by atoms with Gasteiger partial charge in [0.05, 0.1) is 23.3 Å². The summed E-state index contributed by atoms with van der Waals surface area (Å²) in [4.78, 5) is 26.1. The molecule has 3 saturated carbocycles. The molecule has 2 N–H and O–H groups in total. The minimum absolute atomic E-state index is 0.0236. The molecule has 2 aromatic carbocycles. The molecule has 2 heterocycles. The molecule has 7 rings (SSSR count). The van der Waals surface area contributed by atoms with E-state index in [2.05, 4.69) is 57.1 Å². The van der Waals surface area contributed by atoms with E-state index in [4.69, 9.17) is 21.6 Å². The number of hydrogen-bond donors (Lipinski definition) is 2. The molecule has 42 heavy (non-hydrogen) atoms. The molecule has 3 aromatic rings. The quantitative estimate of drug-likeness (QED) is 0.267. The van der Waals surface area contributed by atoms with Crippen LogP contribution >= 0.6 is 11.6 Å². The van der Waals surface area contributed by atoms with Gasteiger partial charge < -0.3 is 15.5 Å². The first-order valence-electron chi connectivity index (χ1n) is 15.6. The van der Waals surface area contributed by atoms with Crippen LogP contribution in [0.4, 0.5) is 5.69 Å². The molecule has 4 aliphatic rings. The number of piperazine rings is 1. The Morgan fingerprint density at radius 2 is 1.83 bits per heavy atom. The molecule has 224 valence electrons. The summed E-state index contributed by atoms with van der Waals surface area (Å²) in [6, 6.07) is 14.7. The number of halogens is 1. The fraction of sp³-hybridized carbons (Fsp3) is 0.559.